The van der Waals surface area contributed by atoms with Gasteiger partial charge < -0.3 is 5.32 Å². The zero-order valence-corrected chi connectivity index (χ0v) is 11.4. The molecule has 0 aliphatic carbocycles. The average molecular weight is 266 g/mol. The standard InChI is InChI=1S/C14H16ClNS/c1-14(11-15,12-6-3-2-4-7-12)16-10-13-8-5-9-17-13/h2-9,16H,10-11H2,1H3. The first-order valence-corrected chi connectivity index (χ1v) is 7.05. The Bertz CT molecular complexity index is 441. The second-order valence-corrected chi connectivity index (χ2v) is 5.56. The van der Waals surface area contributed by atoms with Gasteiger partial charge in [0.25, 0.3) is 0 Å². The van der Waals surface area contributed by atoms with Gasteiger partial charge in [0.2, 0.25) is 0 Å². The van der Waals surface area contributed by atoms with Crippen molar-refractivity contribution in [3.63, 3.8) is 0 Å². The predicted octanol–water partition coefficient (Wildman–Crippen LogP) is 3.99. The molecule has 0 aliphatic rings. The molecule has 0 saturated heterocycles. The maximum Gasteiger partial charge on any atom is 0.0545 e. The van der Waals surface area contributed by atoms with Crippen LogP contribution < -0.4 is 5.32 Å². The van der Waals surface area contributed by atoms with Crippen LogP contribution in [0, 0.1) is 0 Å². The van der Waals surface area contributed by atoms with E-state index in [-0.39, 0.29) is 5.54 Å². The van der Waals surface area contributed by atoms with Gasteiger partial charge in [0.05, 0.1) is 5.54 Å². The van der Waals surface area contributed by atoms with Gasteiger partial charge in [0.15, 0.2) is 0 Å². The molecule has 90 valence electrons. The zero-order valence-electron chi connectivity index (χ0n) is 9.82. The molecule has 17 heavy (non-hydrogen) atoms. The molecule has 0 spiro atoms. The number of benzene rings is 1. The first-order chi connectivity index (χ1) is 8.24. The van der Waals surface area contributed by atoms with Gasteiger partial charge in [0, 0.05) is 17.3 Å². The molecular formula is C14H16ClNS. The molecule has 2 rings (SSSR count). The summed E-state index contributed by atoms with van der Waals surface area (Å²) in [5, 5.41) is 5.64. The highest BCUT2D eigenvalue weighted by Gasteiger charge is 2.24. The fourth-order valence-electron chi connectivity index (χ4n) is 1.73. The van der Waals surface area contributed by atoms with Gasteiger partial charge in [-0.15, -0.1) is 22.9 Å². The molecule has 0 amide bonds. The van der Waals surface area contributed by atoms with E-state index in [0.29, 0.717) is 5.88 Å². The number of thiophene rings is 1. The number of rotatable bonds is 5. The lowest BCUT2D eigenvalue weighted by atomic mass is 9.94. The van der Waals surface area contributed by atoms with Crippen molar-refractivity contribution >= 4 is 22.9 Å². The first-order valence-electron chi connectivity index (χ1n) is 5.63. The van der Waals surface area contributed by atoms with Crippen LogP contribution in [0.15, 0.2) is 47.8 Å². The third-order valence-electron chi connectivity index (χ3n) is 2.91. The van der Waals surface area contributed by atoms with E-state index in [4.69, 9.17) is 11.6 Å². The quantitative estimate of drug-likeness (QED) is 0.806. The van der Waals surface area contributed by atoms with Gasteiger partial charge in [-0.3, -0.25) is 0 Å². The summed E-state index contributed by atoms with van der Waals surface area (Å²) in [6.07, 6.45) is 0. The molecule has 1 unspecified atom stereocenters. The second kappa shape index (κ2) is 5.67. The molecule has 0 radical (unpaired) electrons. The average Bonchev–Trinajstić information content (AvgIpc) is 2.90. The van der Waals surface area contributed by atoms with Gasteiger partial charge >= 0.3 is 0 Å². The molecule has 1 nitrogen and oxygen atoms in total. The zero-order chi connectivity index (χ0) is 12.1. The second-order valence-electron chi connectivity index (χ2n) is 4.26. The fourth-order valence-corrected chi connectivity index (χ4v) is 2.62. The molecule has 0 aliphatic heterocycles. The molecule has 0 bridgehead atoms. The maximum atomic E-state index is 6.12. The predicted molar refractivity (Wildman–Crippen MR) is 75.7 cm³/mol. The third kappa shape index (κ3) is 3.09. The van der Waals surface area contributed by atoms with Crippen molar-refractivity contribution in [1.82, 2.24) is 5.32 Å². The highest BCUT2D eigenvalue weighted by Crippen LogP contribution is 2.23. The highest BCUT2D eigenvalue weighted by molar-refractivity contribution is 7.09. The SMILES string of the molecule is CC(CCl)(NCc1cccs1)c1ccccc1. The van der Waals surface area contributed by atoms with Gasteiger partial charge in [-0.2, -0.15) is 0 Å². The van der Waals surface area contributed by atoms with E-state index in [0.717, 1.165) is 6.54 Å². The number of halogens is 1. The monoisotopic (exact) mass is 265 g/mol. The Balaban J connectivity index is 2.09. The number of alkyl halides is 1. The summed E-state index contributed by atoms with van der Waals surface area (Å²) in [6.45, 7) is 3.00. The van der Waals surface area contributed by atoms with E-state index in [2.05, 4.69) is 41.9 Å². The summed E-state index contributed by atoms with van der Waals surface area (Å²) in [5.41, 5.74) is 1.05. The Hall–Kier alpha value is -0.830. The van der Waals surface area contributed by atoms with Crippen LogP contribution in [0.3, 0.4) is 0 Å². The first kappa shape index (κ1) is 12.6. The fraction of sp³-hybridized carbons (Fsp3) is 0.286. The van der Waals surface area contributed by atoms with Gasteiger partial charge in [-0.25, -0.2) is 0 Å². The summed E-state index contributed by atoms with van der Waals surface area (Å²) in [4.78, 5) is 1.33. The molecule has 0 fully saturated rings. The normalized spacial score (nSPS) is 14.5. The van der Waals surface area contributed by atoms with Crippen molar-refractivity contribution < 1.29 is 0 Å². The molecule has 1 N–H and O–H groups in total. The minimum absolute atomic E-state index is 0.174. The van der Waals surface area contributed by atoms with Gasteiger partial charge in [-0.05, 0) is 23.9 Å². The van der Waals surface area contributed by atoms with Crippen LogP contribution >= 0.6 is 22.9 Å². The maximum absolute atomic E-state index is 6.12. The Morgan fingerprint density at radius 1 is 1.18 bits per heavy atom. The van der Waals surface area contributed by atoms with Crippen LogP contribution in [0.1, 0.15) is 17.4 Å². The van der Waals surface area contributed by atoms with Gasteiger partial charge in [-0.1, -0.05) is 36.4 Å². The summed E-state index contributed by atoms with van der Waals surface area (Å²) >= 11 is 7.89. The number of hydrogen-bond donors (Lipinski definition) is 1. The van der Waals surface area contributed by atoms with E-state index in [1.54, 1.807) is 11.3 Å². The van der Waals surface area contributed by atoms with Crippen LogP contribution in [0.2, 0.25) is 0 Å². The van der Waals surface area contributed by atoms with Crippen molar-refractivity contribution in [2.75, 3.05) is 5.88 Å². The van der Waals surface area contributed by atoms with Crippen molar-refractivity contribution in [2.24, 2.45) is 0 Å². The molecule has 1 heterocycles. The van der Waals surface area contributed by atoms with Crippen LogP contribution in [0.25, 0.3) is 0 Å². The molecule has 2 aromatic rings. The molecule has 1 aromatic heterocycles. The Kier molecular flexibility index (Phi) is 4.21. The minimum atomic E-state index is -0.174. The minimum Gasteiger partial charge on any atom is -0.302 e. The molecule has 3 heteroatoms. The molecule has 0 saturated carbocycles. The van der Waals surface area contributed by atoms with E-state index < -0.39 is 0 Å². The van der Waals surface area contributed by atoms with Crippen LogP contribution in [0.4, 0.5) is 0 Å². The van der Waals surface area contributed by atoms with Crippen LogP contribution in [-0.4, -0.2) is 5.88 Å². The summed E-state index contributed by atoms with van der Waals surface area (Å²) in [6, 6.07) is 14.6. The van der Waals surface area contributed by atoms with Crippen molar-refractivity contribution in [3.05, 3.63) is 58.3 Å². The van der Waals surface area contributed by atoms with Crippen molar-refractivity contribution in [2.45, 2.75) is 19.0 Å². The van der Waals surface area contributed by atoms with E-state index in [1.807, 2.05) is 18.2 Å². The number of nitrogens with one attached hydrogen (secondary N) is 1. The molecule has 1 atom stereocenters. The van der Waals surface area contributed by atoms with Gasteiger partial charge in [0.1, 0.15) is 0 Å². The summed E-state index contributed by atoms with van der Waals surface area (Å²) < 4.78 is 0. The van der Waals surface area contributed by atoms with Crippen LogP contribution in [-0.2, 0) is 12.1 Å². The lowest BCUT2D eigenvalue weighted by molar-refractivity contribution is 0.408. The van der Waals surface area contributed by atoms with E-state index in [1.165, 1.54) is 10.4 Å². The van der Waals surface area contributed by atoms with Crippen molar-refractivity contribution in [3.8, 4) is 0 Å². The van der Waals surface area contributed by atoms with E-state index >= 15 is 0 Å². The topological polar surface area (TPSA) is 12.0 Å². The Labute approximate surface area is 111 Å². The largest absolute Gasteiger partial charge is 0.302 e. The highest BCUT2D eigenvalue weighted by atomic mass is 35.5. The Morgan fingerprint density at radius 3 is 2.53 bits per heavy atom. The third-order valence-corrected chi connectivity index (χ3v) is 4.32. The number of hydrogen-bond acceptors (Lipinski definition) is 2. The lowest BCUT2D eigenvalue weighted by Crippen LogP contribution is -2.40. The van der Waals surface area contributed by atoms with Crippen molar-refractivity contribution in [1.29, 1.82) is 0 Å². The summed E-state index contributed by atoms with van der Waals surface area (Å²) in [5.74, 6) is 0.558. The summed E-state index contributed by atoms with van der Waals surface area (Å²) in [7, 11) is 0. The Morgan fingerprint density at radius 2 is 1.94 bits per heavy atom. The molecule has 1 aromatic carbocycles. The van der Waals surface area contributed by atoms with E-state index in [9.17, 15) is 0 Å². The lowest BCUT2D eigenvalue weighted by Gasteiger charge is -2.29. The molecular weight excluding hydrogens is 250 g/mol. The van der Waals surface area contributed by atoms with Crippen LogP contribution in [0.5, 0.6) is 0 Å². The smallest absolute Gasteiger partial charge is 0.0545 e.